The molecule has 4 rings (SSSR count). The molecule has 0 saturated carbocycles. The average molecular weight is 376 g/mol. The third-order valence-corrected chi connectivity index (χ3v) is 5.65. The number of hydrogen-bond acceptors (Lipinski definition) is 4. The molecule has 3 aromatic rings. The minimum atomic E-state index is -0.0740. The van der Waals surface area contributed by atoms with Crippen molar-refractivity contribution in [2.75, 3.05) is 7.11 Å². The first-order valence-corrected chi connectivity index (χ1v) is 9.69. The van der Waals surface area contributed by atoms with Gasteiger partial charge in [-0.1, -0.05) is 23.8 Å². The van der Waals surface area contributed by atoms with E-state index in [2.05, 4.69) is 6.07 Å². The lowest BCUT2D eigenvalue weighted by atomic mass is 10.0. The molecule has 2 aromatic carbocycles. The zero-order valence-electron chi connectivity index (χ0n) is 15.3. The number of nitrogens with zero attached hydrogens (tertiary/aromatic N) is 2. The molecule has 1 aliphatic heterocycles. The average Bonchev–Trinajstić information content (AvgIpc) is 3.37. The van der Waals surface area contributed by atoms with Crippen molar-refractivity contribution >= 4 is 23.0 Å². The fourth-order valence-corrected chi connectivity index (χ4v) is 4.08. The molecule has 1 aromatic heterocycles. The second-order valence-electron chi connectivity index (χ2n) is 6.53. The first-order valence-electron chi connectivity index (χ1n) is 8.81. The Hall–Kier alpha value is -2.92. The maximum atomic E-state index is 13.2. The summed E-state index contributed by atoms with van der Waals surface area (Å²) >= 11 is 1.66. The van der Waals surface area contributed by atoms with Gasteiger partial charge in [0, 0.05) is 16.9 Å². The van der Waals surface area contributed by atoms with Crippen molar-refractivity contribution in [3.8, 4) is 5.75 Å². The van der Waals surface area contributed by atoms with Crippen molar-refractivity contribution in [1.82, 2.24) is 5.01 Å². The van der Waals surface area contributed by atoms with Gasteiger partial charge in [0.1, 0.15) is 5.75 Å². The third kappa shape index (κ3) is 3.51. The molecule has 1 unspecified atom stereocenters. The Balaban J connectivity index is 1.70. The molecule has 0 fully saturated rings. The number of thiophene rings is 1. The molecular formula is C22H20N2O2S. The van der Waals surface area contributed by atoms with Gasteiger partial charge in [0.2, 0.25) is 0 Å². The van der Waals surface area contributed by atoms with Crippen LogP contribution in [0.3, 0.4) is 0 Å². The molecule has 0 aliphatic carbocycles. The first-order chi connectivity index (χ1) is 13.2. The van der Waals surface area contributed by atoms with Gasteiger partial charge in [-0.15, -0.1) is 11.3 Å². The summed E-state index contributed by atoms with van der Waals surface area (Å²) in [5, 5.41) is 8.40. The molecular weight excluding hydrogens is 356 g/mol. The number of methoxy groups -OCH3 is 1. The Labute approximate surface area is 162 Å². The van der Waals surface area contributed by atoms with E-state index in [4.69, 9.17) is 9.84 Å². The molecule has 4 nitrogen and oxygen atoms in total. The van der Waals surface area contributed by atoms with Crippen molar-refractivity contribution in [3.63, 3.8) is 0 Å². The van der Waals surface area contributed by atoms with E-state index in [9.17, 15) is 4.79 Å². The van der Waals surface area contributed by atoms with Gasteiger partial charge < -0.3 is 4.74 Å². The highest BCUT2D eigenvalue weighted by atomic mass is 32.1. The molecule has 136 valence electrons. The monoisotopic (exact) mass is 376 g/mol. The van der Waals surface area contributed by atoms with Crippen LogP contribution < -0.4 is 4.74 Å². The van der Waals surface area contributed by atoms with E-state index in [1.165, 1.54) is 0 Å². The Morgan fingerprint density at radius 2 is 1.96 bits per heavy atom. The highest BCUT2D eigenvalue weighted by Crippen LogP contribution is 2.36. The second kappa shape index (κ2) is 7.37. The van der Waals surface area contributed by atoms with Crippen LogP contribution in [0.4, 0.5) is 0 Å². The zero-order valence-corrected chi connectivity index (χ0v) is 16.1. The summed E-state index contributed by atoms with van der Waals surface area (Å²) in [5.74, 6) is 0.737. The van der Waals surface area contributed by atoms with E-state index >= 15 is 0 Å². The summed E-state index contributed by atoms with van der Waals surface area (Å²) in [6.45, 7) is 1.99. The highest BCUT2D eigenvalue weighted by Gasteiger charge is 2.34. The van der Waals surface area contributed by atoms with E-state index in [0.29, 0.717) is 12.0 Å². The topological polar surface area (TPSA) is 41.9 Å². The van der Waals surface area contributed by atoms with Crippen LogP contribution >= 0.6 is 11.3 Å². The lowest BCUT2D eigenvalue weighted by Crippen LogP contribution is -2.26. The first kappa shape index (κ1) is 17.5. The summed E-state index contributed by atoms with van der Waals surface area (Å²) in [7, 11) is 1.65. The Morgan fingerprint density at radius 1 is 1.15 bits per heavy atom. The molecule has 0 saturated heterocycles. The number of ether oxygens (including phenoxy) is 1. The van der Waals surface area contributed by atoms with Crippen LogP contribution in [0.2, 0.25) is 0 Å². The minimum Gasteiger partial charge on any atom is -0.497 e. The van der Waals surface area contributed by atoms with Crippen LogP contribution in [-0.2, 0) is 0 Å². The van der Waals surface area contributed by atoms with Crippen LogP contribution in [0.5, 0.6) is 5.75 Å². The quantitative estimate of drug-likeness (QED) is 0.639. The summed E-state index contributed by atoms with van der Waals surface area (Å²) in [4.78, 5) is 14.3. The third-order valence-electron chi connectivity index (χ3n) is 4.68. The molecule has 27 heavy (non-hydrogen) atoms. The number of amides is 1. The maximum absolute atomic E-state index is 13.2. The number of benzene rings is 2. The molecule has 2 heterocycles. The standard InChI is InChI=1S/C22H20N2O2S/c1-15-5-3-6-17(13-15)22(25)24-20(21-7-4-12-27-21)14-19(23-24)16-8-10-18(26-2)11-9-16/h3-13,20H,14H2,1-2H3. The van der Waals surface area contributed by atoms with Gasteiger partial charge >= 0.3 is 0 Å². The molecule has 0 spiro atoms. The highest BCUT2D eigenvalue weighted by molar-refractivity contribution is 7.10. The maximum Gasteiger partial charge on any atom is 0.274 e. The molecule has 5 heteroatoms. The smallest absolute Gasteiger partial charge is 0.274 e. The predicted octanol–water partition coefficient (Wildman–Crippen LogP) is 5.06. The van der Waals surface area contributed by atoms with Crippen molar-refractivity contribution in [1.29, 1.82) is 0 Å². The number of hydrogen-bond donors (Lipinski definition) is 0. The number of hydrazone groups is 1. The Kier molecular flexibility index (Phi) is 4.77. The zero-order chi connectivity index (χ0) is 18.8. The second-order valence-corrected chi connectivity index (χ2v) is 7.51. The van der Waals surface area contributed by atoms with Gasteiger partial charge in [0.25, 0.3) is 5.91 Å². The van der Waals surface area contributed by atoms with E-state index in [1.807, 2.05) is 66.9 Å². The SMILES string of the molecule is COc1ccc(C2=NN(C(=O)c3cccc(C)c3)C(c3cccs3)C2)cc1. The number of carbonyl (C=O) groups is 1. The van der Waals surface area contributed by atoms with E-state index in [0.717, 1.165) is 27.5 Å². The Morgan fingerprint density at radius 3 is 2.63 bits per heavy atom. The van der Waals surface area contributed by atoms with Crippen LogP contribution in [0.25, 0.3) is 0 Å². The number of carbonyl (C=O) groups excluding carboxylic acids is 1. The fourth-order valence-electron chi connectivity index (χ4n) is 3.27. The van der Waals surface area contributed by atoms with E-state index < -0.39 is 0 Å². The molecule has 0 N–H and O–H groups in total. The normalized spacial score (nSPS) is 16.3. The van der Waals surface area contributed by atoms with Crippen molar-refractivity contribution < 1.29 is 9.53 Å². The summed E-state index contributed by atoms with van der Waals surface area (Å²) in [5.41, 5.74) is 3.65. The largest absolute Gasteiger partial charge is 0.497 e. The molecule has 0 bridgehead atoms. The molecule has 1 amide bonds. The van der Waals surface area contributed by atoms with Crippen LogP contribution in [0, 0.1) is 6.92 Å². The summed E-state index contributed by atoms with van der Waals surface area (Å²) in [6.07, 6.45) is 0.699. The van der Waals surface area contributed by atoms with Crippen molar-refractivity contribution in [2.24, 2.45) is 5.10 Å². The van der Waals surface area contributed by atoms with Gasteiger partial charge in [-0.3, -0.25) is 4.79 Å². The molecule has 1 atom stereocenters. The fraction of sp³-hybridized carbons (Fsp3) is 0.182. The van der Waals surface area contributed by atoms with Gasteiger partial charge in [-0.05, 0) is 60.3 Å². The Bertz CT molecular complexity index is 978. The number of rotatable bonds is 4. The number of aryl methyl sites for hydroxylation is 1. The minimum absolute atomic E-state index is 0.0689. The van der Waals surface area contributed by atoms with E-state index in [1.54, 1.807) is 23.5 Å². The van der Waals surface area contributed by atoms with Gasteiger partial charge in [0.15, 0.2) is 0 Å². The lowest BCUT2D eigenvalue weighted by Gasteiger charge is -2.20. The van der Waals surface area contributed by atoms with E-state index in [-0.39, 0.29) is 11.9 Å². The van der Waals surface area contributed by atoms with Crippen LogP contribution in [0.15, 0.2) is 71.1 Å². The van der Waals surface area contributed by atoms with Crippen molar-refractivity contribution in [3.05, 3.63) is 87.6 Å². The van der Waals surface area contributed by atoms with Crippen LogP contribution in [0.1, 0.15) is 38.8 Å². The van der Waals surface area contributed by atoms with Gasteiger partial charge in [-0.25, -0.2) is 5.01 Å². The summed E-state index contributed by atoms with van der Waals surface area (Å²) in [6, 6.07) is 19.5. The van der Waals surface area contributed by atoms with Crippen molar-refractivity contribution in [2.45, 2.75) is 19.4 Å². The summed E-state index contributed by atoms with van der Waals surface area (Å²) < 4.78 is 5.24. The lowest BCUT2D eigenvalue weighted by molar-refractivity contribution is 0.0713. The molecule has 0 radical (unpaired) electrons. The van der Waals surface area contributed by atoms with Gasteiger partial charge in [0.05, 0.1) is 18.9 Å². The van der Waals surface area contributed by atoms with Crippen LogP contribution in [-0.4, -0.2) is 23.7 Å². The molecule has 1 aliphatic rings. The predicted molar refractivity (Wildman–Crippen MR) is 109 cm³/mol. The van der Waals surface area contributed by atoms with Gasteiger partial charge in [-0.2, -0.15) is 5.10 Å².